The van der Waals surface area contributed by atoms with E-state index in [0.29, 0.717) is 5.92 Å². The smallest absolute Gasteiger partial charge is 0.258 e. The Hall–Kier alpha value is -2.29. The van der Waals surface area contributed by atoms with Gasteiger partial charge in [-0.1, -0.05) is 42.1 Å². The van der Waals surface area contributed by atoms with Crippen molar-refractivity contribution in [3.63, 3.8) is 0 Å². The number of carbonyl (C=O) groups excluding carboxylic acids is 1. The van der Waals surface area contributed by atoms with Crippen molar-refractivity contribution in [3.8, 4) is 0 Å². The van der Waals surface area contributed by atoms with Crippen molar-refractivity contribution in [2.24, 2.45) is 5.92 Å². The van der Waals surface area contributed by atoms with E-state index in [0.717, 1.165) is 71.5 Å². The summed E-state index contributed by atoms with van der Waals surface area (Å²) in [5.74, 6) is 0.519. The van der Waals surface area contributed by atoms with Crippen LogP contribution in [-0.2, 0) is 11.3 Å². The molecule has 1 N–H and O–H groups in total. The minimum atomic E-state index is 0. The van der Waals surface area contributed by atoms with E-state index in [9.17, 15) is 4.79 Å². The molecule has 1 fully saturated rings. The number of pyridine rings is 2. The van der Waals surface area contributed by atoms with Crippen LogP contribution in [0.2, 0.25) is 0 Å². The van der Waals surface area contributed by atoms with E-state index in [2.05, 4.69) is 43.9 Å². The van der Waals surface area contributed by atoms with Gasteiger partial charge in [-0.25, -0.2) is 4.98 Å². The molecule has 190 valence electrons. The molecule has 5 heterocycles. The van der Waals surface area contributed by atoms with Gasteiger partial charge in [-0.05, 0) is 62.2 Å². The fraction of sp³-hybridized carbons (Fsp3) is 0.269. The standard InChI is InChI=1S/C26H25N5OS.3ClH/c32-26(23-14-21-16-27-24-6-3-7-25(33-23)31(21)24)28-15-18-10-12-30(13-11-18)17-20-9-8-19-4-1-2-5-22(19)29-20;;;/h1-9,14,16,18H,10-13,15,17H2,(H,28,32);3*1H. The lowest BCUT2D eigenvalue weighted by Crippen LogP contribution is -2.38. The van der Waals surface area contributed by atoms with Crippen molar-refractivity contribution in [1.82, 2.24) is 24.6 Å². The van der Waals surface area contributed by atoms with E-state index in [-0.39, 0.29) is 43.1 Å². The van der Waals surface area contributed by atoms with Gasteiger partial charge < -0.3 is 5.32 Å². The van der Waals surface area contributed by atoms with Gasteiger partial charge in [-0.3, -0.25) is 19.1 Å². The van der Waals surface area contributed by atoms with Crippen LogP contribution in [0.15, 0.2) is 70.7 Å². The number of likely N-dealkylation sites (tertiary alicyclic amines) is 1. The summed E-state index contributed by atoms with van der Waals surface area (Å²) in [5, 5.41) is 5.39. The normalized spacial score (nSPS) is 15.4. The molecule has 0 spiro atoms. The van der Waals surface area contributed by atoms with E-state index in [1.165, 1.54) is 17.1 Å². The quantitative estimate of drug-likeness (QED) is 0.341. The molecule has 36 heavy (non-hydrogen) atoms. The van der Waals surface area contributed by atoms with Gasteiger partial charge in [0.15, 0.2) is 0 Å². The van der Waals surface area contributed by atoms with Gasteiger partial charge in [-0.2, -0.15) is 0 Å². The number of hydrogen-bond donors (Lipinski definition) is 1. The zero-order chi connectivity index (χ0) is 22.2. The molecule has 10 heteroatoms. The number of nitrogens with zero attached hydrogens (tertiary/aromatic N) is 4. The molecule has 1 aromatic carbocycles. The first-order valence-electron chi connectivity index (χ1n) is 11.4. The number of piperidine rings is 1. The zero-order valence-electron chi connectivity index (χ0n) is 19.5. The molecule has 1 amide bonds. The van der Waals surface area contributed by atoms with E-state index < -0.39 is 0 Å². The summed E-state index contributed by atoms with van der Waals surface area (Å²) in [6.45, 7) is 3.68. The third kappa shape index (κ3) is 5.82. The third-order valence-electron chi connectivity index (χ3n) is 6.54. The van der Waals surface area contributed by atoms with E-state index in [1.54, 1.807) is 0 Å². The fourth-order valence-corrected chi connectivity index (χ4v) is 5.70. The van der Waals surface area contributed by atoms with Crippen LogP contribution in [-0.4, -0.2) is 44.8 Å². The lowest BCUT2D eigenvalue weighted by Gasteiger charge is -2.31. The second-order valence-corrected chi connectivity index (χ2v) is 9.84. The monoisotopic (exact) mass is 563 g/mol. The SMILES string of the molecule is Cl.Cl.Cl.O=C(NCC1CCN(Cc2ccc3ccccc3n2)CC1)C1=Cc2cnc3cccc(n23)S1. The number of benzene rings is 1. The zero-order valence-corrected chi connectivity index (χ0v) is 22.8. The number of thioether (sulfide) groups is 1. The van der Waals surface area contributed by atoms with E-state index in [4.69, 9.17) is 4.98 Å². The Morgan fingerprint density at radius 3 is 2.64 bits per heavy atom. The lowest BCUT2D eigenvalue weighted by atomic mass is 9.96. The third-order valence-corrected chi connectivity index (χ3v) is 7.59. The Labute approximate surface area is 233 Å². The van der Waals surface area contributed by atoms with Gasteiger partial charge in [0.05, 0.1) is 33.0 Å². The minimum absolute atomic E-state index is 0. The first kappa shape index (κ1) is 28.3. The highest BCUT2D eigenvalue weighted by molar-refractivity contribution is 8.04. The van der Waals surface area contributed by atoms with Crippen LogP contribution < -0.4 is 5.32 Å². The molecule has 6 nitrogen and oxygen atoms in total. The van der Waals surface area contributed by atoms with Gasteiger partial charge >= 0.3 is 0 Å². The molecule has 0 unspecified atom stereocenters. The molecule has 2 aliphatic heterocycles. The first-order chi connectivity index (χ1) is 16.2. The number of amides is 1. The Morgan fingerprint density at radius 1 is 1.00 bits per heavy atom. The van der Waals surface area contributed by atoms with Gasteiger partial charge in [0.25, 0.3) is 5.91 Å². The number of nitrogens with one attached hydrogen (secondary N) is 1. The Kier molecular flexibility index (Phi) is 9.66. The van der Waals surface area contributed by atoms with Crippen LogP contribution in [0.25, 0.3) is 22.6 Å². The van der Waals surface area contributed by atoms with Crippen molar-refractivity contribution in [3.05, 3.63) is 77.1 Å². The van der Waals surface area contributed by atoms with Crippen molar-refractivity contribution in [1.29, 1.82) is 0 Å². The number of para-hydroxylation sites is 1. The molecule has 2 aliphatic rings. The summed E-state index contributed by atoms with van der Waals surface area (Å²) < 4.78 is 2.08. The van der Waals surface area contributed by atoms with Crippen molar-refractivity contribution in [2.75, 3.05) is 19.6 Å². The number of imidazole rings is 1. The number of carbonyl (C=O) groups is 1. The molecule has 0 radical (unpaired) electrons. The number of hydrogen-bond acceptors (Lipinski definition) is 5. The topological polar surface area (TPSA) is 62.5 Å². The molecule has 3 aromatic heterocycles. The fourth-order valence-electron chi connectivity index (χ4n) is 4.70. The van der Waals surface area contributed by atoms with Crippen LogP contribution in [0.5, 0.6) is 0 Å². The van der Waals surface area contributed by atoms with Gasteiger partial charge in [0.2, 0.25) is 0 Å². The van der Waals surface area contributed by atoms with E-state index >= 15 is 0 Å². The average molecular weight is 565 g/mol. The molecule has 0 atom stereocenters. The van der Waals surface area contributed by atoms with Gasteiger partial charge in [0, 0.05) is 18.5 Å². The predicted molar refractivity (Wildman–Crippen MR) is 154 cm³/mol. The maximum absolute atomic E-state index is 12.9. The second-order valence-electron chi connectivity index (χ2n) is 8.78. The maximum atomic E-state index is 12.9. The highest BCUT2D eigenvalue weighted by atomic mass is 35.5. The first-order valence-corrected chi connectivity index (χ1v) is 12.3. The summed E-state index contributed by atoms with van der Waals surface area (Å²) >= 11 is 1.51. The molecule has 6 rings (SSSR count). The lowest BCUT2D eigenvalue weighted by molar-refractivity contribution is -0.117. The number of halogens is 3. The minimum Gasteiger partial charge on any atom is -0.351 e. The highest BCUT2D eigenvalue weighted by Gasteiger charge is 2.23. The number of aromatic nitrogens is 3. The molecule has 0 bridgehead atoms. The van der Waals surface area contributed by atoms with Gasteiger partial charge in [-0.15, -0.1) is 37.2 Å². The average Bonchev–Trinajstić information content (AvgIpc) is 3.28. The molecule has 1 saturated heterocycles. The van der Waals surface area contributed by atoms with Crippen LogP contribution in [0, 0.1) is 5.92 Å². The molecule has 4 aromatic rings. The number of rotatable bonds is 5. The predicted octanol–water partition coefficient (Wildman–Crippen LogP) is 5.62. The van der Waals surface area contributed by atoms with Crippen LogP contribution in [0.1, 0.15) is 24.2 Å². The summed E-state index contributed by atoms with van der Waals surface area (Å²) in [4.78, 5) is 25.3. The van der Waals surface area contributed by atoms with Crippen LogP contribution in [0.4, 0.5) is 0 Å². The summed E-state index contributed by atoms with van der Waals surface area (Å²) in [7, 11) is 0. The summed E-state index contributed by atoms with van der Waals surface area (Å²) in [6, 6.07) is 18.5. The highest BCUT2D eigenvalue weighted by Crippen LogP contribution is 2.34. The van der Waals surface area contributed by atoms with Crippen molar-refractivity contribution < 1.29 is 4.79 Å². The summed E-state index contributed by atoms with van der Waals surface area (Å²) in [5.41, 5.74) is 4.05. The largest absolute Gasteiger partial charge is 0.351 e. The molecule has 0 saturated carbocycles. The Balaban J connectivity index is 0.00000120. The van der Waals surface area contributed by atoms with E-state index in [1.807, 2.05) is 42.6 Å². The van der Waals surface area contributed by atoms with Crippen LogP contribution in [0.3, 0.4) is 0 Å². The Bertz CT molecular complexity index is 1380. The molecular formula is C26H28Cl3N5OS. The molecular weight excluding hydrogens is 537 g/mol. The van der Waals surface area contributed by atoms with Crippen molar-refractivity contribution in [2.45, 2.75) is 24.4 Å². The summed E-state index contributed by atoms with van der Waals surface area (Å²) in [6.07, 6.45) is 5.94. The van der Waals surface area contributed by atoms with Crippen molar-refractivity contribution >= 4 is 77.5 Å². The van der Waals surface area contributed by atoms with Crippen LogP contribution >= 0.6 is 49.0 Å². The molecule has 0 aliphatic carbocycles. The van der Waals surface area contributed by atoms with Gasteiger partial charge in [0.1, 0.15) is 5.65 Å². The Morgan fingerprint density at radius 2 is 1.81 bits per heavy atom. The maximum Gasteiger partial charge on any atom is 0.258 e. The number of fused-ring (bicyclic) bond motifs is 1. The second kappa shape index (κ2) is 12.3.